The number of hydrogen-bond donors (Lipinski definition) is 0. The van der Waals surface area contributed by atoms with Crippen LogP contribution in [0.3, 0.4) is 0 Å². The minimum atomic E-state index is 0.651. The molecule has 0 spiro atoms. The summed E-state index contributed by atoms with van der Waals surface area (Å²) in [5.41, 5.74) is 2.25. The van der Waals surface area contributed by atoms with Crippen molar-refractivity contribution in [2.75, 3.05) is 6.61 Å². The summed E-state index contributed by atoms with van der Waals surface area (Å²) in [5, 5.41) is 4.46. The Hall–Kier alpha value is -0.350. The molecule has 0 aromatic carbocycles. The maximum atomic E-state index is 5.73. The summed E-state index contributed by atoms with van der Waals surface area (Å²) in [5.74, 6) is 0. The van der Waals surface area contributed by atoms with E-state index in [2.05, 4.69) is 34.9 Å². The Balaban J connectivity index is 2.25. The van der Waals surface area contributed by atoms with E-state index in [0.717, 1.165) is 35.3 Å². The van der Waals surface area contributed by atoms with Crippen molar-refractivity contribution in [3.8, 4) is 0 Å². The first kappa shape index (κ1) is 15.7. The highest BCUT2D eigenvalue weighted by Gasteiger charge is 2.11. The Morgan fingerprint density at radius 1 is 1.17 bits per heavy atom. The lowest BCUT2D eigenvalue weighted by atomic mass is 10.2. The van der Waals surface area contributed by atoms with Gasteiger partial charge in [-0.25, -0.2) is 0 Å². The first-order valence-corrected chi connectivity index (χ1v) is 7.78. The minimum Gasteiger partial charge on any atom is -0.375 e. The van der Waals surface area contributed by atoms with Gasteiger partial charge < -0.3 is 4.74 Å². The molecule has 0 aliphatic heterocycles. The van der Waals surface area contributed by atoms with E-state index in [0.29, 0.717) is 6.61 Å². The van der Waals surface area contributed by atoms with Crippen LogP contribution < -0.4 is 0 Å². The Kier molecular flexibility index (Phi) is 7.59. The fourth-order valence-corrected chi connectivity index (χ4v) is 2.68. The third kappa shape index (κ3) is 4.73. The lowest BCUT2D eigenvalue weighted by Gasteiger charge is -2.05. The van der Waals surface area contributed by atoms with Crippen LogP contribution >= 0.6 is 15.9 Å². The number of nitrogens with zero attached hydrogens (tertiary/aromatic N) is 2. The molecule has 104 valence electrons. The summed E-state index contributed by atoms with van der Waals surface area (Å²) in [6.45, 7) is 5.86. The van der Waals surface area contributed by atoms with Crippen LogP contribution in [0.4, 0.5) is 0 Å². The molecule has 3 nitrogen and oxygen atoms in total. The van der Waals surface area contributed by atoms with Crippen molar-refractivity contribution in [1.29, 1.82) is 0 Å². The molecular weight excluding hydrogens is 292 g/mol. The van der Waals surface area contributed by atoms with E-state index in [4.69, 9.17) is 4.74 Å². The zero-order valence-corrected chi connectivity index (χ0v) is 13.4. The summed E-state index contributed by atoms with van der Waals surface area (Å²) >= 11 is 3.60. The molecule has 0 aliphatic carbocycles. The second kappa shape index (κ2) is 8.70. The van der Waals surface area contributed by atoms with Crippen molar-refractivity contribution in [1.82, 2.24) is 9.78 Å². The molecule has 0 bridgehead atoms. The first-order valence-electron chi connectivity index (χ1n) is 6.98. The number of rotatable bonds is 9. The minimum absolute atomic E-state index is 0.651. The largest absolute Gasteiger partial charge is 0.375 e. The number of unbranched alkanes of at least 4 members (excludes halogenated alkanes) is 4. The SMILES string of the molecule is CCCCCCCOCc1c(Br)c(CC)nn1C. The Morgan fingerprint density at radius 2 is 1.89 bits per heavy atom. The zero-order valence-electron chi connectivity index (χ0n) is 11.8. The maximum absolute atomic E-state index is 5.73. The average Bonchev–Trinajstić information content (AvgIpc) is 2.64. The van der Waals surface area contributed by atoms with Gasteiger partial charge in [-0.1, -0.05) is 39.5 Å². The van der Waals surface area contributed by atoms with Crippen molar-refractivity contribution in [3.63, 3.8) is 0 Å². The van der Waals surface area contributed by atoms with Crippen LogP contribution in [0.25, 0.3) is 0 Å². The van der Waals surface area contributed by atoms with Gasteiger partial charge in [-0.15, -0.1) is 0 Å². The van der Waals surface area contributed by atoms with E-state index in [9.17, 15) is 0 Å². The third-order valence-electron chi connectivity index (χ3n) is 3.13. The van der Waals surface area contributed by atoms with E-state index in [1.165, 1.54) is 25.7 Å². The van der Waals surface area contributed by atoms with Gasteiger partial charge >= 0.3 is 0 Å². The molecule has 0 unspecified atom stereocenters. The monoisotopic (exact) mass is 316 g/mol. The van der Waals surface area contributed by atoms with Crippen molar-refractivity contribution in [2.45, 2.75) is 59.0 Å². The highest BCUT2D eigenvalue weighted by atomic mass is 79.9. The molecule has 4 heteroatoms. The second-order valence-corrected chi connectivity index (χ2v) is 5.44. The first-order chi connectivity index (χ1) is 8.70. The van der Waals surface area contributed by atoms with Gasteiger partial charge in [0.15, 0.2) is 0 Å². The predicted molar refractivity (Wildman–Crippen MR) is 78.7 cm³/mol. The second-order valence-electron chi connectivity index (χ2n) is 4.65. The van der Waals surface area contributed by atoms with Gasteiger partial charge in [-0.2, -0.15) is 5.10 Å². The molecule has 0 amide bonds. The molecule has 0 radical (unpaired) electrons. The van der Waals surface area contributed by atoms with E-state index < -0.39 is 0 Å². The van der Waals surface area contributed by atoms with Gasteiger partial charge in [-0.3, -0.25) is 4.68 Å². The zero-order chi connectivity index (χ0) is 13.4. The summed E-state index contributed by atoms with van der Waals surface area (Å²) in [6, 6.07) is 0. The van der Waals surface area contributed by atoms with Gasteiger partial charge in [0.1, 0.15) is 0 Å². The Labute approximate surface area is 119 Å². The van der Waals surface area contributed by atoms with Crippen molar-refractivity contribution in [2.24, 2.45) is 7.05 Å². The molecule has 18 heavy (non-hydrogen) atoms. The molecule has 0 aliphatic rings. The predicted octanol–water partition coefficient (Wildman–Crippen LogP) is 4.23. The van der Waals surface area contributed by atoms with Crippen molar-refractivity contribution in [3.05, 3.63) is 15.9 Å². The Morgan fingerprint density at radius 3 is 2.50 bits per heavy atom. The molecule has 0 fully saturated rings. The van der Waals surface area contributed by atoms with Crippen LogP contribution in [0.15, 0.2) is 4.47 Å². The van der Waals surface area contributed by atoms with Crippen molar-refractivity contribution < 1.29 is 4.74 Å². The molecule has 1 rings (SSSR count). The van der Waals surface area contributed by atoms with Gasteiger partial charge in [0.25, 0.3) is 0 Å². The van der Waals surface area contributed by atoms with Crippen LogP contribution in [0.2, 0.25) is 0 Å². The quantitative estimate of drug-likeness (QED) is 0.637. The van der Waals surface area contributed by atoms with Crippen LogP contribution in [0.5, 0.6) is 0 Å². The summed E-state index contributed by atoms with van der Waals surface area (Å²) in [7, 11) is 1.98. The fraction of sp³-hybridized carbons (Fsp3) is 0.786. The smallest absolute Gasteiger partial charge is 0.0896 e. The van der Waals surface area contributed by atoms with E-state index >= 15 is 0 Å². The highest BCUT2D eigenvalue weighted by molar-refractivity contribution is 9.10. The van der Waals surface area contributed by atoms with E-state index in [1.54, 1.807) is 0 Å². The average molecular weight is 317 g/mol. The number of aromatic nitrogens is 2. The van der Waals surface area contributed by atoms with E-state index in [-0.39, 0.29) is 0 Å². The van der Waals surface area contributed by atoms with E-state index in [1.807, 2.05) is 11.7 Å². The van der Waals surface area contributed by atoms with Gasteiger partial charge in [-0.05, 0) is 28.8 Å². The highest BCUT2D eigenvalue weighted by Crippen LogP contribution is 2.22. The molecule has 1 aromatic rings. The molecule has 0 atom stereocenters. The summed E-state index contributed by atoms with van der Waals surface area (Å²) in [6.07, 6.45) is 7.35. The standard InChI is InChI=1S/C14H25BrN2O/c1-4-6-7-8-9-10-18-11-13-14(15)12(5-2)16-17(13)3/h4-11H2,1-3H3. The van der Waals surface area contributed by atoms with Crippen molar-refractivity contribution >= 4 is 15.9 Å². The number of halogens is 1. The van der Waals surface area contributed by atoms with Gasteiger partial charge in [0.05, 0.1) is 22.5 Å². The lowest BCUT2D eigenvalue weighted by molar-refractivity contribution is 0.111. The van der Waals surface area contributed by atoms with Crippen LogP contribution in [0.1, 0.15) is 57.3 Å². The number of hydrogen-bond acceptors (Lipinski definition) is 2. The summed E-state index contributed by atoms with van der Waals surface area (Å²) in [4.78, 5) is 0. The number of ether oxygens (including phenoxy) is 1. The molecule has 0 saturated carbocycles. The van der Waals surface area contributed by atoms with Gasteiger partial charge in [0.2, 0.25) is 0 Å². The number of aryl methyl sites for hydroxylation is 2. The molecular formula is C14H25BrN2O. The third-order valence-corrected chi connectivity index (χ3v) is 4.05. The van der Waals surface area contributed by atoms with Crippen LogP contribution in [0, 0.1) is 0 Å². The molecule has 1 heterocycles. The van der Waals surface area contributed by atoms with Crippen LogP contribution in [-0.4, -0.2) is 16.4 Å². The molecule has 0 N–H and O–H groups in total. The maximum Gasteiger partial charge on any atom is 0.0896 e. The fourth-order valence-electron chi connectivity index (χ4n) is 1.95. The lowest BCUT2D eigenvalue weighted by Crippen LogP contribution is -2.02. The topological polar surface area (TPSA) is 27.1 Å². The van der Waals surface area contributed by atoms with Gasteiger partial charge in [0, 0.05) is 13.7 Å². The van der Waals surface area contributed by atoms with Crippen LogP contribution in [-0.2, 0) is 24.8 Å². The molecule has 1 aromatic heterocycles. The Bertz CT molecular complexity index is 350. The summed E-state index contributed by atoms with van der Waals surface area (Å²) < 4.78 is 8.75. The normalized spacial score (nSPS) is 11.1. The molecule has 0 saturated heterocycles.